The first-order chi connectivity index (χ1) is 9.06. The Hall–Kier alpha value is -2.00. The van der Waals surface area contributed by atoms with Crippen LogP contribution >= 0.6 is 11.6 Å². The van der Waals surface area contributed by atoms with E-state index >= 15 is 0 Å². The molecule has 0 bridgehead atoms. The topological polar surface area (TPSA) is 35.1 Å². The highest BCUT2D eigenvalue weighted by Gasteiger charge is 2.17. The van der Waals surface area contributed by atoms with E-state index in [1.807, 2.05) is 36.9 Å². The first kappa shape index (κ1) is 12.1. The Morgan fingerprint density at radius 1 is 1.32 bits per heavy atom. The number of fused-ring (bicyclic) bond motifs is 1. The van der Waals surface area contributed by atoms with E-state index in [1.54, 1.807) is 12.1 Å². The lowest BCUT2D eigenvalue weighted by Gasteiger charge is -1.97. The first-order valence-corrected chi connectivity index (χ1v) is 6.28. The molecule has 0 aliphatic heterocycles. The molecule has 0 aliphatic rings. The third kappa shape index (κ3) is 1.96. The Kier molecular flexibility index (Phi) is 2.72. The second kappa shape index (κ2) is 4.28. The molecule has 4 heteroatoms. The van der Waals surface area contributed by atoms with Crippen molar-refractivity contribution in [3.63, 3.8) is 0 Å². The van der Waals surface area contributed by atoms with E-state index < -0.39 is 0 Å². The second-order valence-corrected chi connectivity index (χ2v) is 5.03. The molecule has 1 aromatic carbocycles. The maximum atomic E-state index is 12.5. The number of rotatable bonds is 2. The number of halogens is 1. The molecule has 0 amide bonds. The van der Waals surface area contributed by atoms with Crippen LogP contribution in [0.15, 0.2) is 41.1 Å². The number of ketones is 1. The van der Waals surface area contributed by atoms with Crippen LogP contribution in [0.1, 0.15) is 21.7 Å². The molecule has 0 N–H and O–H groups in total. The maximum absolute atomic E-state index is 12.5. The Morgan fingerprint density at radius 2 is 2.11 bits per heavy atom. The van der Waals surface area contributed by atoms with Crippen molar-refractivity contribution in [3.05, 3.63) is 58.6 Å². The highest BCUT2D eigenvalue weighted by Crippen LogP contribution is 2.26. The van der Waals surface area contributed by atoms with E-state index in [0.717, 1.165) is 16.7 Å². The Bertz CT molecular complexity index is 783. The summed E-state index contributed by atoms with van der Waals surface area (Å²) in [6.07, 6.45) is 3.32. The zero-order chi connectivity index (χ0) is 13.6. The molecule has 0 saturated carbocycles. The minimum absolute atomic E-state index is 0.0372. The van der Waals surface area contributed by atoms with Crippen molar-refractivity contribution >= 4 is 28.3 Å². The largest absolute Gasteiger partial charge is 0.469 e. The van der Waals surface area contributed by atoms with Gasteiger partial charge in [0, 0.05) is 34.7 Å². The number of furan rings is 1. The Labute approximate surface area is 115 Å². The SMILES string of the molecule is Cc1cc(C(=O)c2cn(C)c3cc(Cl)ccc23)co1. The van der Waals surface area contributed by atoms with Gasteiger partial charge in [-0.1, -0.05) is 17.7 Å². The van der Waals surface area contributed by atoms with Crippen LogP contribution < -0.4 is 0 Å². The third-order valence-corrected chi connectivity index (χ3v) is 3.43. The first-order valence-electron chi connectivity index (χ1n) is 5.90. The zero-order valence-electron chi connectivity index (χ0n) is 10.6. The molecule has 0 aliphatic carbocycles. The van der Waals surface area contributed by atoms with Gasteiger partial charge in [-0.15, -0.1) is 0 Å². The van der Waals surface area contributed by atoms with Gasteiger partial charge in [0.25, 0.3) is 0 Å². The number of benzene rings is 1. The van der Waals surface area contributed by atoms with Crippen LogP contribution in [0.3, 0.4) is 0 Å². The van der Waals surface area contributed by atoms with E-state index in [4.69, 9.17) is 16.0 Å². The van der Waals surface area contributed by atoms with Gasteiger partial charge in [0.15, 0.2) is 5.78 Å². The van der Waals surface area contributed by atoms with Gasteiger partial charge in [-0.05, 0) is 25.1 Å². The summed E-state index contributed by atoms with van der Waals surface area (Å²) in [5.74, 6) is 0.691. The van der Waals surface area contributed by atoms with Crippen molar-refractivity contribution in [2.75, 3.05) is 0 Å². The molecule has 19 heavy (non-hydrogen) atoms. The minimum atomic E-state index is -0.0372. The van der Waals surface area contributed by atoms with Gasteiger partial charge in [0.05, 0.1) is 5.56 Å². The molecule has 0 atom stereocenters. The number of aromatic nitrogens is 1. The van der Waals surface area contributed by atoms with Crippen LogP contribution in [0.2, 0.25) is 5.02 Å². The van der Waals surface area contributed by atoms with Gasteiger partial charge in [-0.3, -0.25) is 4.79 Å². The lowest BCUT2D eigenvalue weighted by atomic mass is 10.1. The molecule has 3 nitrogen and oxygen atoms in total. The molecule has 3 rings (SSSR count). The van der Waals surface area contributed by atoms with Crippen LogP contribution in [0.5, 0.6) is 0 Å². The lowest BCUT2D eigenvalue weighted by molar-refractivity contribution is 0.103. The minimum Gasteiger partial charge on any atom is -0.469 e. The smallest absolute Gasteiger partial charge is 0.198 e. The number of aryl methyl sites for hydroxylation is 2. The molecule has 2 aromatic heterocycles. The normalized spacial score (nSPS) is 11.1. The molecular formula is C15H12ClNO2. The predicted molar refractivity (Wildman–Crippen MR) is 74.8 cm³/mol. The van der Waals surface area contributed by atoms with E-state index in [1.165, 1.54) is 6.26 Å². The fourth-order valence-electron chi connectivity index (χ4n) is 2.26. The maximum Gasteiger partial charge on any atom is 0.198 e. The summed E-state index contributed by atoms with van der Waals surface area (Å²) in [6, 6.07) is 7.27. The quantitative estimate of drug-likeness (QED) is 0.662. The monoisotopic (exact) mass is 273 g/mol. The Balaban J connectivity index is 2.18. The summed E-state index contributed by atoms with van der Waals surface area (Å²) in [6.45, 7) is 1.82. The number of nitrogens with zero attached hydrogens (tertiary/aromatic N) is 1. The van der Waals surface area contributed by atoms with E-state index in [-0.39, 0.29) is 5.78 Å². The molecule has 0 unspecified atom stereocenters. The van der Waals surface area contributed by atoms with Crippen LogP contribution in [-0.4, -0.2) is 10.4 Å². The molecule has 3 aromatic rings. The molecular weight excluding hydrogens is 262 g/mol. The highest BCUT2D eigenvalue weighted by atomic mass is 35.5. The second-order valence-electron chi connectivity index (χ2n) is 4.59. The van der Waals surface area contributed by atoms with Gasteiger partial charge < -0.3 is 8.98 Å². The van der Waals surface area contributed by atoms with E-state index in [0.29, 0.717) is 16.1 Å². The molecule has 2 heterocycles. The molecule has 0 radical (unpaired) electrons. The highest BCUT2D eigenvalue weighted by molar-refractivity contribution is 6.31. The van der Waals surface area contributed by atoms with Gasteiger partial charge in [-0.2, -0.15) is 0 Å². The van der Waals surface area contributed by atoms with Gasteiger partial charge in [0.1, 0.15) is 12.0 Å². The fourth-order valence-corrected chi connectivity index (χ4v) is 2.42. The van der Waals surface area contributed by atoms with Gasteiger partial charge >= 0.3 is 0 Å². The molecule has 0 spiro atoms. The summed E-state index contributed by atoms with van der Waals surface area (Å²) >= 11 is 5.99. The number of carbonyl (C=O) groups is 1. The van der Waals surface area contributed by atoms with Crippen molar-refractivity contribution < 1.29 is 9.21 Å². The average Bonchev–Trinajstić information content (AvgIpc) is 2.94. The number of hydrogen-bond donors (Lipinski definition) is 0. The summed E-state index contributed by atoms with van der Waals surface area (Å²) < 4.78 is 7.10. The predicted octanol–water partition coefficient (Wildman–Crippen LogP) is 3.96. The molecule has 96 valence electrons. The summed E-state index contributed by atoms with van der Waals surface area (Å²) in [5, 5.41) is 1.56. The van der Waals surface area contributed by atoms with Crippen molar-refractivity contribution in [2.45, 2.75) is 6.92 Å². The van der Waals surface area contributed by atoms with Crippen molar-refractivity contribution in [1.29, 1.82) is 0 Å². The van der Waals surface area contributed by atoms with Crippen molar-refractivity contribution in [1.82, 2.24) is 4.57 Å². The zero-order valence-corrected chi connectivity index (χ0v) is 11.4. The number of hydrogen-bond acceptors (Lipinski definition) is 2. The third-order valence-electron chi connectivity index (χ3n) is 3.19. The summed E-state index contributed by atoms with van der Waals surface area (Å²) in [5.41, 5.74) is 2.17. The van der Waals surface area contributed by atoms with Crippen molar-refractivity contribution in [3.8, 4) is 0 Å². The van der Waals surface area contributed by atoms with Crippen molar-refractivity contribution in [2.24, 2.45) is 7.05 Å². The number of carbonyl (C=O) groups excluding carboxylic acids is 1. The lowest BCUT2D eigenvalue weighted by Crippen LogP contribution is -1.98. The average molecular weight is 274 g/mol. The van der Waals surface area contributed by atoms with Gasteiger partial charge in [0.2, 0.25) is 0 Å². The molecule has 0 fully saturated rings. The fraction of sp³-hybridized carbons (Fsp3) is 0.133. The van der Waals surface area contributed by atoms with Crippen LogP contribution in [0, 0.1) is 6.92 Å². The van der Waals surface area contributed by atoms with E-state index in [2.05, 4.69) is 0 Å². The summed E-state index contributed by atoms with van der Waals surface area (Å²) in [4.78, 5) is 12.5. The van der Waals surface area contributed by atoms with Crippen LogP contribution in [0.25, 0.3) is 10.9 Å². The molecule has 0 saturated heterocycles. The Morgan fingerprint density at radius 3 is 2.79 bits per heavy atom. The van der Waals surface area contributed by atoms with E-state index in [9.17, 15) is 4.79 Å². The van der Waals surface area contributed by atoms with Crippen LogP contribution in [-0.2, 0) is 7.05 Å². The summed E-state index contributed by atoms with van der Waals surface area (Å²) in [7, 11) is 1.90. The van der Waals surface area contributed by atoms with Gasteiger partial charge in [-0.25, -0.2) is 0 Å². The standard InChI is InChI=1S/C15H12ClNO2/c1-9-5-10(8-19-9)15(18)13-7-17(2)14-6-11(16)3-4-12(13)14/h3-8H,1-2H3. The van der Waals surface area contributed by atoms with Crippen LogP contribution in [0.4, 0.5) is 0 Å².